The monoisotopic (exact) mass is 303 g/mol. The molecule has 0 aliphatic heterocycles. The number of aryl methyl sites for hydroxylation is 2. The van der Waals surface area contributed by atoms with Gasteiger partial charge < -0.3 is 10.4 Å². The summed E-state index contributed by atoms with van der Waals surface area (Å²) in [6, 6.07) is 8.76. The zero-order chi connectivity index (χ0) is 15.4. The number of nitrogens with one attached hydrogen (secondary N) is 1. The molecule has 2 N–H and O–H groups in total. The normalized spacial score (nSPS) is 10.4. The Labute approximate surface area is 127 Å². The van der Waals surface area contributed by atoms with Gasteiger partial charge in [0.05, 0.1) is 11.3 Å². The molecule has 2 rings (SSSR count). The minimum absolute atomic E-state index is 0.0157. The third-order valence-corrected chi connectivity index (χ3v) is 4.51. The number of benzene rings is 1. The van der Waals surface area contributed by atoms with Crippen molar-refractivity contribution in [1.29, 1.82) is 0 Å². The van der Waals surface area contributed by atoms with Crippen LogP contribution in [0.4, 0.5) is 5.69 Å². The Kier molecular flexibility index (Phi) is 4.75. The third-order valence-electron chi connectivity index (χ3n) is 3.13. The van der Waals surface area contributed by atoms with Crippen molar-refractivity contribution in [1.82, 2.24) is 0 Å². The molecule has 0 saturated carbocycles. The molecule has 0 saturated heterocycles. The summed E-state index contributed by atoms with van der Waals surface area (Å²) in [5.41, 5.74) is 2.52. The van der Waals surface area contributed by atoms with E-state index in [1.807, 2.05) is 13.0 Å². The van der Waals surface area contributed by atoms with Gasteiger partial charge in [0, 0.05) is 10.6 Å². The van der Waals surface area contributed by atoms with Gasteiger partial charge in [-0.3, -0.25) is 9.59 Å². The molecule has 0 unspecified atom stereocenters. The summed E-state index contributed by atoms with van der Waals surface area (Å²) in [7, 11) is 0. The number of aliphatic carboxylic acids is 1. The van der Waals surface area contributed by atoms with Crippen LogP contribution in [-0.4, -0.2) is 17.0 Å². The Morgan fingerprint density at radius 3 is 2.43 bits per heavy atom. The van der Waals surface area contributed by atoms with E-state index < -0.39 is 5.97 Å². The van der Waals surface area contributed by atoms with E-state index in [1.54, 1.807) is 24.3 Å². The molecule has 21 heavy (non-hydrogen) atoms. The SMILES string of the molecule is CCc1sc(C(=O)Nc2ccc(CC(=O)O)cc2)cc1C. The van der Waals surface area contributed by atoms with Crippen molar-refractivity contribution in [3.63, 3.8) is 0 Å². The number of carboxylic acids is 1. The number of amides is 1. The van der Waals surface area contributed by atoms with E-state index in [2.05, 4.69) is 12.2 Å². The van der Waals surface area contributed by atoms with E-state index in [4.69, 9.17) is 5.11 Å². The Balaban J connectivity index is 2.06. The van der Waals surface area contributed by atoms with E-state index in [0.717, 1.165) is 12.0 Å². The van der Waals surface area contributed by atoms with Crippen LogP contribution in [0.5, 0.6) is 0 Å². The fraction of sp³-hybridized carbons (Fsp3) is 0.250. The predicted octanol–water partition coefficient (Wildman–Crippen LogP) is 3.50. The first-order chi connectivity index (χ1) is 9.99. The molecule has 2 aromatic rings. The summed E-state index contributed by atoms with van der Waals surface area (Å²) in [4.78, 5) is 24.7. The molecule has 1 heterocycles. The summed E-state index contributed by atoms with van der Waals surface area (Å²) >= 11 is 1.51. The summed E-state index contributed by atoms with van der Waals surface area (Å²) in [6.07, 6.45) is 0.909. The summed E-state index contributed by atoms with van der Waals surface area (Å²) in [6.45, 7) is 4.08. The molecule has 0 bridgehead atoms. The van der Waals surface area contributed by atoms with Crippen molar-refractivity contribution in [2.45, 2.75) is 26.7 Å². The number of carboxylic acid groups (broad SMARTS) is 1. The predicted molar refractivity (Wildman–Crippen MR) is 84.2 cm³/mol. The average molecular weight is 303 g/mol. The van der Waals surface area contributed by atoms with Crippen molar-refractivity contribution >= 4 is 28.9 Å². The van der Waals surface area contributed by atoms with Gasteiger partial charge in [-0.1, -0.05) is 19.1 Å². The summed E-state index contributed by atoms with van der Waals surface area (Å²) in [5.74, 6) is -0.998. The maximum absolute atomic E-state index is 12.2. The quantitative estimate of drug-likeness (QED) is 0.888. The Morgan fingerprint density at radius 1 is 1.24 bits per heavy atom. The fourth-order valence-electron chi connectivity index (χ4n) is 2.06. The second-order valence-corrected chi connectivity index (χ2v) is 5.93. The molecular formula is C16H17NO3S. The van der Waals surface area contributed by atoms with Crippen LogP contribution in [0.3, 0.4) is 0 Å². The molecule has 0 fully saturated rings. The van der Waals surface area contributed by atoms with Crippen LogP contribution in [0.1, 0.15) is 32.6 Å². The standard InChI is InChI=1S/C16H17NO3S/c1-3-13-10(2)8-14(21-13)16(20)17-12-6-4-11(5-7-12)9-15(18)19/h4-8H,3,9H2,1-2H3,(H,17,20)(H,18,19). The Bertz CT molecular complexity index is 659. The first-order valence-corrected chi connectivity index (χ1v) is 7.52. The summed E-state index contributed by atoms with van der Waals surface area (Å²) < 4.78 is 0. The minimum Gasteiger partial charge on any atom is -0.481 e. The zero-order valence-electron chi connectivity index (χ0n) is 12.0. The molecule has 1 aromatic heterocycles. The van der Waals surface area contributed by atoms with Crippen molar-refractivity contribution in [3.8, 4) is 0 Å². The van der Waals surface area contributed by atoms with Gasteiger partial charge in [0.15, 0.2) is 0 Å². The van der Waals surface area contributed by atoms with Crippen LogP contribution in [0.15, 0.2) is 30.3 Å². The van der Waals surface area contributed by atoms with Crippen LogP contribution < -0.4 is 5.32 Å². The minimum atomic E-state index is -0.868. The maximum atomic E-state index is 12.2. The number of rotatable bonds is 5. The molecule has 110 valence electrons. The van der Waals surface area contributed by atoms with Crippen molar-refractivity contribution in [2.75, 3.05) is 5.32 Å². The Morgan fingerprint density at radius 2 is 1.90 bits per heavy atom. The molecule has 0 atom stereocenters. The van der Waals surface area contributed by atoms with Crippen LogP contribution in [0.2, 0.25) is 0 Å². The lowest BCUT2D eigenvalue weighted by molar-refractivity contribution is -0.136. The zero-order valence-corrected chi connectivity index (χ0v) is 12.8. The van der Waals surface area contributed by atoms with E-state index in [9.17, 15) is 9.59 Å². The summed E-state index contributed by atoms with van der Waals surface area (Å²) in [5, 5.41) is 11.5. The molecule has 0 spiro atoms. The number of anilines is 1. The van der Waals surface area contributed by atoms with Gasteiger partial charge >= 0.3 is 5.97 Å². The van der Waals surface area contributed by atoms with E-state index in [-0.39, 0.29) is 12.3 Å². The fourth-order valence-corrected chi connectivity index (χ4v) is 3.07. The maximum Gasteiger partial charge on any atom is 0.307 e. The molecule has 0 radical (unpaired) electrons. The lowest BCUT2D eigenvalue weighted by atomic mass is 10.1. The molecule has 5 heteroatoms. The molecule has 0 aliphatic carbocycles. The molecule has 4 nitrogen and oxygen atoms in total. The first kappa shape index (κ1) is 15.3. The lowest BCUT2D eigenvalue weighted by Crippen LogP contribution is -2.10. The molecule has 1 aromatic carbocycles. The van der Waals surface area contributed by atoms with Crippen LogP contribution in [0, 0.1) is 6.92 Å². The van der Waals surface area contributed by atoms with Crippen LogP contribution >= 0.6 is 11.3 Å². The van der Waals surface area contributed by atoms with Crippen molar-refractivity contribution in [2.24, 2.45) is 0 Å². The highest BCUT2D eigenvalue weighted by atomic mass is 32.1. The van der Waals surface area contributed by atoms with E-state index in [1.165, 1.54) is 16.2 Å². The topological polar surface area (TPSA) is 66.4 Å². The van der Waals surface area contributed by atoms with Gasteiger partial charge in [0.2, 0.25) is 0 Å². The van der Waals surface area contributed by atoms with E-state index >= 15 is 0 Å². The highest BCUT2D eigenvalue weighted by Crippen LogP contribution is 2.23. The van der Waals surface area contributed by atoms with Gasteiger partial charge in [0.1, 0.15) is 0 Å². The van der Waals surface area contributed by atoms with Gasteiger partial charge in [-0.05, 0) is 42.7 Å². The van der Waals surface area contributed by atoms with Gasteiger partial charge in [-0.15, -0.1) is 11.3 Å². The smallest absolute Gasteiger partial charge is 0.307 e. The second kappa shape index (κ2) is 6.54. The Hall–Kier alpha value is -2.14. The third kappa shape index (κ3) is 3.92. The lowest BCUT2D eigenvalue weighted by Gasteiger charge is -2.04. The molecule has 1 amide bonds. The van der Waals surface area contributed by atoms with Gasteiger partial charge in [-0.2, -0.15) is 0 Å². The largest absolute Gasteiger partial charge is 0.481 e. The highest BCUT2D eigenvalue weighted by Gasteiger charge is 2.12. The number of carbonyl (C=O) groups excluding carboxylic acids is 1. The molecule has 0 aliphatic rings. The van der Waals surface area contributed by atoms with Gasteiger partial charge in [0.25, 0.3) is 5.91 Å². The number of hydrogen-bond acceptors (Lipinski definition) is 3. The van der Waals surface area contributed by atoms with Crippen molar-refractivity contribution in [3.05, 3.63) is 51.2 Å². The highest BCUT2D eigenvalue weighted by molar-refractivity contribution is 7.14. The van der Waals surface area contributed by atoms with Crippen LogP contribution in [-0.2, 0) is 17.6 Å². The number of carbonyl (C=O) groups is 2. The molecular weight excluding hydrogens is 286 g/mol. The van der Waals surface area contributed by atoms with E-state index in [0.29, 0.717) is 16.1 Å². The average Bonchev–Trinajstić information content (AvgIpc) is 2.82. The van der Waals surface area contributed by atoms with Gasteiger partial charge in [-0.25, -0.2) is 0 Å². The second-order valence-electron chi connectivity index (χ2n) is 4.79. The van der Waals surface area contributed by atoms with Crippen LogP contribution in [0.25, 0.3) is 0 Å². The number of thiophene rings is 1. The van der Waals surface area contributed by atoms with Crippen molar-refractivity contribution < 1.29 is 14.7 Å². The first-order valence-electron chi connectivity index (χ1n) is 6.71. The number of hydrogen-bond donors (Lipinski definition) is 2.